The Hall–Kier alpha value is -2.14. The number of benzene rings is 1. The molecule has 0 saturated carbocycles. The number of carbonyl (C=O) groups is 2. The summed E-state index contributed by atoms with van der Waals surface area (Å²) in [5.41, 5.74) is 1.76. The Labute approximate surface area is 165 Å². The lowest BCUT2D eigenvalue weighted by atomic mass is 9.74. The maximum absolute atomic E-state index is 12.9. The molecule has 1 saturated heterocycles. The summed E-state index contributed by atoms with van der Waals surface area (Å²) < 4.78 is 0. The fourth-order valence-electron chi connectivity index (χ4n) is 4.03. The van der Waals surface area contributed by atoms with E-state index in [4.69, 9.17) is 0 Å². The Kier molecular flexibility index (Phi) is 6.00. The van der Waals surface area contributed by atoms with Crippen LogP contribution in [0.25, 0.3) is 10.4 Å². The Morgan fingerprint density at radius 1 is 1.26 bits per heavy atom. The van der Waals surface area contributed by atoms with E-state index in [1.54, 1.807) is 18.4 Å². The first kappa shape index (κ1) is 19.6. The molecule has 3 rings (SSSR count). The largest absolute Gasteiger partial charge is 0.359 e. The number of likely N-dealkylation sites (tertiary alicyclic amines) is 1. The van der Waals surface area contributed by atoms with Gasteiger partial charge in [0.25, 0.3) is 0 Å². The molecule has 0 unspecified atom stereocenters. The van der Waals surface area contributed by atoms with Crippen molar-refractivity contribution in [3.05, 3.63) is 47.3 Å². The zero-order valence-corrected chi connectivity index (χ0v) is 17.1. The van der Waals surface area contributed by atoms with Crippen molar-refractivity contribution in [2.24, 2.45) is 11.3 Å². The van der Waals surface area contributed by atoms with Crippen LogP contribution < -0.4 is 5.32 Å². The lowest BCUT2D eigenvalue weighted by molar-refractivity contribution is -0.143. The van der Waals surface area contributed by atoms with Crippen molar-refractivity contribution in [1.82, 2.24) is 10.2 Å². The second kappa shape index (κ2) is 8.26. The zero-order valence-electron chi connectivity index (χ0n) is 16.3. The normalized spacial score (nSPS) is 19.9. The molecule has 1 atom stereocenters. The lowest BCUT2D eigenvalue weighted by Crippen LogP contribution is -2.54. The molecule has 2 aromatic rings. The Morgan fingerprint density at radius 3 is 2.74 bits per heavy atom. The number of thiophene rings is 1. The third kappa shape index (κ3) is 4.24. The summed E-state index contributed by atoms with van der Waals surface area (Å²) in [5.74, 6) is 0.119. The molecule has 1 aliphatic heterocycles. The van der Waals surface area contributed by atoms with Gasteiger partial charge in [0.05, 0.1) is 5.41 Å². The van der Waals surface area contributed by atoms with Gasteiger partial charge in [0.2, 0.25) is 11.8 Å². The number of carbonyl (C=O) groups excluding carboxylic acids is 2. The predicted molar refractivity (Wildman–Crippen MR) is 111 cm³/mol. The maximum atomic E-state index is 12.9. The summed E-state index contributed by atoms with van der Waals surface area (Å²) in [5, 5.41) is 4.93. The fraction of sp³-hybridized carbons (Fsp3) is 0.455. The van der Waals surface area contributed by atoms with Gasteiger partial charge in [0, 0.05) is 30.9 Å². The molecular formula is C22H28N2O2S. The summed E-state index contributed by atoms with van der Waals surface area (Å²) in [4.78, 5) is 28.6. The van der Waals surface area contributed by atoms with Gasteiger partial charge in [0.15, 0.2) is 0 Å². The number of nitrogens with zero attached hydrogens (tertiary/aromatic N) is 1. The molecule has 0 radical (unpaired) electrons. The van der Waals surface area contributed by atoms with E-state index < -0.39 is 5.41 Å². The van der Waals surface area contributed by atoms with Gasteiger partial charge in [-0.3, -0.25) is 9.59 Å². The molecule has 1 fully saturated rings. The minimum Gasteiger partial charge on any atom is -0.359 e. The number of rotatable bonds is 5. The summed E-state index contributed by atoms with van der Waals surface area (Å²) in [7, 11) is 1.69. The number of amides is 2. The molecule has 0 bridgehead atoms. The molecular weight excluding hydrogens is 356 g/mol. The van der Waals surface area contributed by atoms with E-state index in [2.05, 4.69) is 47.1 Å². The molecule has 5 heteroatoms. The van der Waals surface area contributed by atoms with Gasteiger partial charge in [-0.15, -0.1) is 11.3 Å². The van der Waals surface area contributed by atoms with Crippen LogP contribution >= 0.6 is 11.3 Å². The highest BCUT2D eigenvalue weighted by Gasteiger charge is 2.43. The molecule has 1 aliphatic rings. The third-order valence-electron chi connectivity index (χ3n) is 5.37. The van der Waals surface area contributed by atoms with Gasteiger partial charge in [-0.2, -0.15) is 0 Å². The zero-order chi connectivity index (χ0) is 19.4. The van der Waals surface area contributed by atoms with Gasteiger partial charge >= 0.3 is 0 Å². The number of hydrogen-bond donors (Lipinski definition) is 1. The summed E-state index contributed by atoms with van der Waals surface area (Å²) in [6, 6.07) is 12.6. The quantitative estimate of drug-likeness (QED) is 0.848. The van der Waals surface area contributed by atoms with Crippen LogP contribution in [0.3, 0.4) is 0 Å². The van der Waals surface area contributed by atoms with E-state index in [1.165, 1.54) is 10.4 Å². The molecule has 1 aromatic carbocycles. The predicted octanol–water partition coefficient (Wildman–Crippen LogP) is 3.97. The van der Waals surface area contributed by atoms with Crippen LogP contribution in [0.15, 0.2) is 41.8 Å². The Morgan fingerprint density at radius 2 is 2.07 bits per heavy atom. The summed E-state index contributed by atoms with van der Waals surface area (Å²) in [6.45, 7) is 5.07. The first-order valence-electron chi connectivity index (χ1n) is 9.59. The van der Waals surface area contributed by atoms with Crippen molar-refractivity contribution >= 4 is 23.2 Å². The Bertz CT molecular complexity index is 800. The van der Waals surface area contributed by atoms with Gasteiger partial charge in [-0.1, -0.05) is 44.2 Å². The van der Waals surface area contributed by atoms with Gasteiger partial charge in [-0.05, 0) is 41.8 Å². The van der Waals surface area contributed by atoms with E-state index in [9.17, 15) is 9.59 Å². The maximum Gasteiger partial charge on any atom is 0.228 e. The average molecular weight is 385 g/mol. The van der Waals surface area contributed by atoms with E-state index in [1.807, 2.05) is 18.7 Å². The summed E-state index contributed by atoms with van der Waals surface area (Å²) >= 11 is 1.72. The summed E-state index contributed by atoms with van der Waals surface area (Å²) in [6.07, 6.45) is 2.31. The van der Waals surface area contributed by atoms with Gasteiger partial charge in [0.1, 0.15) is 0 Å². The second-order valence-corrected chi connectivity index (χ2v) is 8.68. The smallest absolute Gasteiger partial charge is 0.228 e. The molecule has 1 N–H and O–H groups in total. The number of nitrogens with one attached hydrogen (secondary N) is 1. The standard InChI is InChI=1S/C22H28N2O2S/c1-16(2)20(25)24-11-6-10-22(15-24,21(26)23-3)14-17-7-4-8-18(13-17)19-9-5-12-27-19/h4-5,7-9,12-13,16H,6,10-11,14-15H2,1-3H3,(H,23,26)/t22-/m0/s1. The Balaban J connectivity index is 1.88. The van der Waals surface area contributed by atoms with E-state index >= 15 is 0 Å². The van der Waals surface area contributed by atoms with Gasteiger partial charge in [-0.25, -0.2) is 0 Å². The van der Waals surface area contributed by atoms with Crippen molar-refractivity contribution < 1.29 is 9.59 Å². The van der Waals surface area contributed by atoms with Crippen LogP contribution in [0.4, 0.5) is 0 Å². The number of hydrogen-bond acceptors (Lipinski definition) is 3. The average Bonchev–Trinajstić information content (AvgIpc) is 3.22. The topological polar surface area (TPSA) is 49.4 Å². The molecule has 0 spiro atoms. The molecule has 2 heterocycles. The van der Waals surface area contributed by atoms with E-state index in [0.717, 1.165) is 24.9 Å². The van der Waals surface area contributed by atoms with Crippen molar-refractivity contribution in [2.75, 3.05) is 20.1 Å². The SMILES string of the molecule is CNC(=O)[C@]1(Cc2cccc(-c3cccs3)c2)CCCN(C(=O)C(C)C)C1. The van der Waals surface area contributed by atoms with Crippen molar-refractivity contribution in [3.8, 4) is 10.4 Å². The van der Waals surface area contributed by atoms with Crippen molar-refractivity contribution in [1.29, 1.82) is 0 Å². The van der Waals surface area contributed by atoms with Crippen LogP contribution in [0.2, 0.25) is 0 Å². The molecule has 0 aliphatic carbocycles. The lowest BCUT2D eigenvalue weighted by Gasteiger charge is -2.42. The molecule has 4 nitrogen and oxygen atoms in total. The van der Waals surface area contributed by atoms with E-state index in [0.29, 0.717) is 13.0 Å². The van der Waals surface area contributed by atoms with Crippen LogP contribution in [0.1, 0.15) is 32.3 Å². The first-order valence-corrected chi connectivity index (χ1v) is 10.5. The van der Waals surface area contributed by atoms with Crippen LogP contribution in [-0.2, 0) is 16.0 Å². The third-order valence-corrected chi connectivity index (χ3v) is 6.29. The molecule has 1 aromatic heterocycles. The fourth-order valence-corrected chi connectivity index (χ4v) is 4.75. The molecule has 144 valence electrons. The second-order valence-electron chi connectivity index (χ2n) is 7.73. The van der Waals surface area contributed by atoms with Crippen LogP contribution in [0, 0.1) is 11.3 Å². The minimum atomic E-state index is -0.564. The van der Waals surface area contributed by atoms with E-state index in [-0.39, 0.29) is 17.7 Å². The highest BCUT2D eigenvalue weighted by molar-refractivity contribution is 7.13. The van der Waals surface area contributed by atoms with Crippen LogP contribution in [-0.4, -0.2) is 36.9 Å². The molecule has 27 heavy (non-hydrogen) atoms. The number of piperidine rings is 1. The van der Waals surface area contributed by atoms with Crippen molar-refractivity contribution in [2.45, 2.75) is 33.1 Å². The minimum absolute atomic E-state index is 0.0327. The van der Waals surface area contributed by atoms with Crippen molar-refractivity contribution in [3.63, 3.8) is 0 Å². The van der Waals surface area contributed by atoms with Gasteiger partial charge < -0.3 is 10.2 Å². The monoisotopic (exact) mass is 384 g/mol. The highest BCUT2D eigenvalue weighted by atomic mass is 32.1. The molecule has 2 amide bonds. The highest BCUT2D eigenvalue weighted by Crippen LogP contribution is 2.36. The first-order chi connectivity index (χ1) is 12.9. The van der Waals surface area contributed by atoms with Crippen LogP contribution in [0.5, 0.6) is 0 Å².